The van der Waals surface area contributed by atoms with Gasteiger partial charge in [0, 0.05) is 5.56 Å². The quantitative estimate of drug-likeness (QED) is 0.274. The first-order valence-corrected chi connectivity index (χ1v) is 11.4. The van der Waals surface area contributed by atoms with Gasteiger partial charge in [0.2, 0.25) is 0 Å². The third kappa shape index (κ3) is 5.87. The Labute approximate surface area is 186 Å². The summed E-state index contributed by atoms with van der Waals surface area (Å²) in [5, 5.41) is 0. The molecule has 3 rings (SSSR count). The van der Waals surface area contributed by atoms with E-state index in [1.54, 1.807) is 0 Å². The first-order chi connectivity index (χ1) is 15.1. The molecule has 1 fully saturated rings. The Morgan fingerprint density at radius 3 is 1.81 bits per heavy atom. The van der Waals surface area contributed by atoms with Gasteiger partial charge in [0.15, 0.2) is 0 Å². The van der Waals surface area contributed by atoms with Crippen molar-refractivity contribution in [3.05, 3.63) is 59.7 Å². The number of unbranched alkanes of at least 4 members (excludes halogenated alkanes) is 2. The predicted molar refractivity (Wildman–Crippen MR) is 116 cm³/mol. The van der Waals surface area contributed by atoms with Crippen LogP contribution in [-0.4, -0.2) is 12.3 Å². The molecule has 0 nitrogen and oxygen atoms in total. The Kier molecular flexibility index (Phi) is 7.94. The predicted octanol–water partition coefficient (Wildman–Crippen LogP) is 9.20. The van der Waals surface area contributed by atoms with Crippen molar-refractivity contribution >= 4 is 0 Å². The molecule has 0 amide bonds. The topological polar surface area (TPSA) is 0 Å². The summed E-state index contributed by atoms with van der Waals surface area (Å²) in [5.41, 5.74) is 1.65. The summed E-state index contributed by atoms with van der Waals surface area (Å²) in [6.07, 6.45) is 0.168. The largest absolute Gasteiger partial charge is 0.426 e. The van der Waals surface area contributed by atoms with Crippen LogP contribution in [0.25, 0.3) is 11.1 Å². The third-order valence-corrected chi connectivity index (χ3v) is 6.65. The smallest absolute Gasteiger partial charge is 0.230 e. The molecule has 0 N–H and O–H groups in total. The van der Waals surface area contributed by atoms with E-state index < -0.39 is 23.8 Å². The van der Waals surface area contributed by atoms with Gasteiger partial charge in [-0.25, -0.2) is 4.39 Å². The van der Waals surface area contributed by atoms with Gasteiger partial charge in [-0.2, -0.15) is 22.0 Å². The minimum atomic E-state index is -5.62. The van der Waals surface area contributed by atoms with Crippen LogP contribution < -0.4 is 0 Å². The van der Waals surface area contributed by atoms with E-state index in [0.717, 1.165) is 23.6 Å². The van der Waals surface area contributed by atoms with E-state index in [4.69, 9.17) is 0 Å². The zero-order valence-corrected chi connectivity index (χ0v) is 18.3. The van der Waals surface area contributed by atoms with E-state index in [9.17, 15) is 26.3 Å². The standard InChI is InChI=1S/C26H30F6/c1-2-3-4-5-18-6-8-19(9-7-18)20-10-12-21(13-11-20)22-14-16-23(17-15-22)25(28,29)24(27)26(30,31)32/h10-19,24H,2-9H2,1H3. The maximum absolute atomic E-state index is 13.9. The van der Waals surface area contributed by atoms with Gasteiger partial charge in [0.05, 0.1) is 0 Å². The van der Waals surface area contributed by atoms with Crippen LogP contribution >= 0.6 is 0 Å². The number of alkyl halides is 6. The van der Waals surface area contributed by atoms with Crippen LogP contribution in [0.4, 0.5) is 26.3 Å². The Hall–Kier alpha value is -1.98. The van der Waals surface area contributed by atoms with Crippen molar-refractivity contribution in [2.24, 2.45) is 5.92 Å². The van der Waals surface area contributed by atoms with Crippen molar-refractivity contribution < 1.29 is 26.3 Å². The lowest BCUT2D eigenvalue weighted by molar-refractivity contribution is -0.248. The average molecular weight is 457 g/mol. The Morgan fingerprint density at radius 1 is 0.781 bits per heavy atom. The molecule has 0 spiro atoms. The molecule has 176 valence electrons. The van der Waals surface area contributed by atoms with Gasteiger partial charge >= 0.3 is 12.1 Å². The molecule has 1 aliphatic rings. The minimum absolute atomic E-state index is 0.524. The molecule has 0 bridgehead atoms. The maximum Gasteiger partial charge on any atom is 0.426 e. The Morgan fingerprint density at radius 2 is 1.31 bits per heavy atom. The van der Waals surface area contributed by atoms with E-state index in [1.165, 1.54) is 69.1 Å². The molecule has 1 atom stereocenters. The summed E-state index contributed by atoms with van der Waals surface area (Å²) in [7, 11) is 0. The second-order valence-corrected chi connectivity index (χ2v) is 8.94. The fourth-order valence-corrected chi connectivity index (χ4v) is 4.65. The molecule has 0 saturated heterocycles. The first kappa shape index (κ1) is 24.7. The summed E-state index contributed by atoms with van der Waals surface area (Å²) >= 11 is 0. The van der Waals surface area contributed by atoms with Gasteiger partial charge in [0.25, 0.3) is 6.17 Å². The summed E-state index contributed by atoms with van der Waals surface area (Å²) in [4.78, 5) is 0. The minimum Gasteiger partial charge on any atom is -0.230 e. The number of rotatable bonds is 8. The number of hydrogen-bond acceptors (Lipinski definition) is 0. The molecule has 0 radical (unpaired) electrons. The van der Waals surface area contributed by atoms with Crippen LogP contribution in [0.1, 0.15) is 75.3 Å². The van der Waals surface area contributed by atoms with Crippen molar-refractivity contribution in [1.29, 1.82) is 0 Å². The van der Waals surface area contributed by atoms with Crippen molar-refractivity contribution in [3.8, 4) is 11.1 Å². The maximum atomic E-state index is 13.9. The highest BCUT2D eigenvalue weighted by Gasteiger charge is 2.57. The number of benzene rings is 2. The number of hydrogen-bond donors (Lipinski definition) is 0. The van der Waals surface area contributed by atoms with Crippen molar-refractivity contribution in [2.75, 3.05) is 0 Å². The summed E-state index contributed by atoms with van der Waals surface area (Å²) in [5.74, 6) is -3.28. The lowest BCUT2D eigenvalue weighted by atomic mass is 9.77. The zero-order valence-electron chi connectivity index (χ0n) is 18.3. The highest BCUT2D eigenvalue weighted by atomic mass is 19.4. The lowest BCUT2D eigenvalue weighted by Crippen LogP contribution is -2.39. The molecule has 6 heteroatoms. The van der Waals surface area contributed by atoms with E-state index >= 15 is 0 Å². The second kappa shape index (κ2) is 10.3. The van der Waals surface area contributed by atoms with Gasteiger partial charge in [-0.15, -0.1) is 0 Å². The normalized spacial score (nSPS) is 20.8. The Balaban J connectivity index is 1.62. The SMILES string of the molecule is CCCCCC1CCC(c2ccc(-c3ccc(C(F)(F)C(F)C(F)(F)F)cc3)cc2)CC1. The fourth-order valence-electron chi connectivity index (χ4n) is 4.65. The Bertz CT molecular complexity index is 830. The molecular formula is C26H30F6. The van der Waals surface area contributed by atoms with Gasteiger partial charge < -0.3 is 0 Å². The van der Waals surface area contributed by atoms with Gasteiger partial charge in [-0.05, 0) is 54.2 Å². The summed E-state index contributed by atoms with van der Waals surface area (Å²) in [6.45, 7) is 2.22. The highest BCUT2D eigenvalue weighted by molar-refractivity contribution is 5.64. The molecule has 32 heavy (non-hydrogen) atoms. The van der Waals surface area contributed by atoms with Crippen LogP contribution in [-0.2, 0) is 5.92 Å². The van der Waals surface area contributed by atoms with Crippen LogP contribution in [0.5, 0.6) is 0 Å². The van der Waals surface area contributed by atoms with E-state index in [2.05, 4.69) is 6.92 Å². The van der Waals surface area contributed by atoms with E-state index in [1.807, 2.05) is 24.3 Å². The molecule has 2 aromatic rings. The lowest BCUT2D eigenvalue weighted by Gasteiger charge is -2.29. The summed E-state index contributed by atoms with van der Waals surface area (Å²) in [6, 6.07) is 12.2. The van der Waals surface area contributed by atoms with Gasteiger partial charge in [0.1, 0.15) is 0 Å². The van der Waals surface area contributed by atoms with Gasteiger partial charge in [-0.3, -0.25) is 0 Å². The highest BCUT2D eigenvalue weighted by Crippen LogP contribution is 2.42. The summed E-state index contributed by atoms with van der Waals surface area (Å²) < 4.78 is 78.2. The third-order valence-electron chi connectivity index (χ3n) is 6.65. The fraction of sp³-hybridized carbons (Fsp3) is 0.538. The van der Waals surface area contributed by atoms with Crippen LogP contribution in [0.3, 0.4) is 0 Å². The van der Waals surface area contributed by atoms with Crippen molar-refractivity contribution in [2.45, 2.75) is 82.5 Å². The van der Waals surface area contributed by atoms with Crippen LogP contribution in [0, 0.1) is 5.92 Å². The molecule has 0 heterocycles. The van der Waals surface area contributed by atoms with Crippen molar-refractivity contribution in [3.63, 3.8) is 0 Å². The average Bonchev–Trinajstić information content (AvgIpc) is 2.79. The number of halogens is 6. The molecule has 1 unspecified atom stereocenters. The van der Waals surface area contributed by atoms with Gasteiger partial charge in [-0.1, -0.05) is 81.1 Å². The zero-order chi connectivity index (χ0) is 23.4. The molecule has 1 saturated carbocycles. The van der Waals surface area contributed by atoms with E-state index in [0.29, 0.717) is 11.5 Å². The van der Waals surface area contributed by atoms with Crippen LogP contribution in [0.15, 0.2) is 48.5 Å². The van der Waals surface area contributed by atoms with Crippen LogP contribution in [0.2, 0.25) is 0 Å². The van der Waals surface area contributed by atoms with E-state index in [-0.39, 0.29) is 0 Å². The monoisotopic (exact) mass is 456 g/mol. The molecule has 1 aliphatic carbocycles. The first-order valence-electron chi connectivity index (χ1n) is 11.4. The van der Waals surface area contributed by atoms with Crippen molar-refractivity contribution in [1.82, 2.24) is 0 Å². The molecular weight excluding hydrogens is 426 g/mol. The second-order valence-electron chi connectivity index (χ2n) is 8.94. The molecule has 0 aliphatic heterocycles. The molecule has 2 aromatic carbocycles. The molecule has 0 aromatic heterocycles.